The van der Waals surface area contributed by atoms with Crippen LogP contribution in [0.15, 0.2) is 36.4 Å². The molecule has 0 fully saturated rings. The Kier molecular flexibility index (Phi) is 2.56. The van der Waals surface area contributed by atoms with Crippen molar-refractivity contribution in [3.05, 3.63) is 52.8 Å². The summed E-state index contributed by atoms with van der Waals surface area (Å²) in [4.78, 5) is 7.72. The van der Waals surface area contributed by atoms with E-state index in [0.717, 1.165) is 22.2 Å². The van der Waals surface area contributed by atoms with Crippen LogP contribution in [0.2, 0.25) is 5.02 Å². The fourth-order valence-corrected chi connectivity index (χ4v) is 2.14. The van der Waals surface area contributed by atoms with Crippen LogP contribution in [0.4, 0.5) is 4.39 Å². The summed E-state index contributed by atoms with van der Waals surface area (Å²) in [6.07, 6.45) is 0. The lowest BCUT2D eigenvalue weighted by Gasteiger charge is -1.98. The van der Waals surface area contributed by atoms with E-state index in [0.29, 0.717) is 5.82 Å². The van der Waals surface area contributed by atoms with Crippen LogP contribution < -0.4 is 0 Å². The second-order valence-corrected chi connectivity index (χ2v) is 4.59. The van der Waals surface area contributed by atoms with Crippen LogP contribution in [0.1, 0.15) is 5.56 Å². The van der Waals surface area contributed by atoms with Crippen molar-refractivity contribution in [2.45, 2.75) is 6.92 Å². The first kappa shape index (κ1) is 11.2. The smallest absolute Gasteiger partial charge is 0.141 e. The SMILES string of the molecule is Cc1cccc2[nH]c(-c3ccc(F)c(Cl)c3)nc12. The summed E-state index contributed by atoms with van der Waals surface area (Å²) in [7, 11) is 0. The lowest BCUT2D eigenvalue weighted by Crippen LogP contribution is -1.83. The van der Waals surface area contributed by atoms with E-state index in [2.05, 4.69) is 9.97 Å². The van der Waals surface area contributed by atoms with E-state index >= 15 is 0 Å². The molecule has 0 bridgehead atoms. The molecule has 0 unspecified atom stereocenters. The van der Waals surface area contributed by atoms with Crippen molar-refractivity contribution in [2.24, 2.45) is 0 Å². The molecule has 0 atom stereocenters. The summed E-state index contributed by atoms with van der Waals surface area (Å²) < 4.78 is 13.1. The molecule has 0 aliphatic heterocycles. The Morgan fingerprint density at radius 2 is 2.06 bits per heavy atom. The van der Waals surface area contributed by atoms with Gasteiger partial charge in [0.15, 0.2) is 0 Å². The molecule has 3 rings (SSSR count). The van der Waals surface area contributed by atoms with E-state index in [1.807, 2.05) is 25.1 Å². The molecule has 2 nitrogen and oxygen atoms in total. The lowest BCUT2D eigenvalue weighted by atomic mass is 10.2. The standard InChI is InChI=1S/C14H10ClFN2/c1-8-3-2-4-12-13(8)18-14(17-12)9-5-6-11(16)10(15)7-9/h2-7H,1H3,(H,17,18). The summed E-state index contributed by atoms with van der Waals surface area (Å²) in [6.45, 7) is 2.00. The number of hydrogen-bond acceptors (Lipinski definition) is 1. The number of nitrogens with zero attached hydrogens (tertiary/aromatic N) is 1. The Labute approximate surface area is 108 Å². The largest absolute Gasteiger partial charge is 0.338 e. The highest BCUT2D eigenvalue weighted by Crippen LogP contribution is 2.25. The molecule has 2 aromatic carbocycles. The van der Waals surface area contributed by atoms with Gasteiger partial charge in [-0.1, -0.05) is 23.7 Å². The van der Waals surface area contributed by atoms with Gasteiger partial charge in [-0.2, -0.15) is 0 Å². The molecule has 18 heavy (non-hydrogen) atoms. The van der Waals surface area contributed by atoms with E-state index in [4.69, 9.17) is 11.6 Å². The van der Waals surface area contributed by atoms with Gasteiger partial charge < -0.3 is 4.98 Å². The second-order valence-electron chi connectivity index (χ2n) is 4.19. The summed E-state index contributed by atoms with van der Waals surface area (Å²) in [6, 6.07) is 10.5. The van der Waals surface area contributed by atoms with Crippen LogP contribution in [0.3, 0.4) is 0 Å². The quantitative estimate of drug-likeness (QED) is 0.693. The third-order valence-corrected chi connectivity index (χ3v) is 3.20. The number of aromatic nitrogens is 2. The topological polar surface area (TPSA) is 28.7 Å². The van der Waals surface area contributed by atoms with Crippen molar-refractivity contribution in [2.75, 3.05) is 0 Å². The van der Waals surface area contributed by atoms with Gasteiger partial charge in [0, 0.05) is 5.56 Å². The summed E-state index contributed by atoms with van der Waals surface area (Å²) >= 11 is 5.78. The normalized spacial score (nSPS) is 11.1. The van der Waals surface area contributed by atoms with Gasteiger partial charge in [0.1, 0.15) is 11.6 Å². The highest BCUT2D eigenvalue weighted by Gasteiger charge is 2.08. The number of nitrogens with one attached hydrogen (secondary N) is 1. The highest BCUT2D eigenvalue weighted by atomic mass is 35.5. The van der Waals surface area contributed by atoms with E-state index in [1.54, 1.807) is 12.1 Å². The van der Waals surface area contributed by atoms with Crippen molar-refractivity contribution in [1.82, 2.24) is 9.97 Å². The number of rotatable bonds is 1. The molecule has 90 valence electrons. The Hall–Kier alpha value is -1.87. The first-order valence-corrected chi connectivity index (χ1v) is 5.94. The number of para-hydroxylation sites is 1. The van der Waals surface area contributed by atoms with E-state index in [9.17, 15) is 4.39 Å². The summed E-state index contributed by atoms with van der Waals surface area (Å²) in [5.41, 5.74) is 3.76. The molecular weight excluding hydrogens is 251 g/mol. The minimum Gasteiger partial charge on any atom is -0.338 e. The van der Waals surface area contributed by atoms with Crippen LogP contribution in [0, 0.1) is 12.7 Å². The molecule has 0 aliphatic rings. The maximum absolute atomic E-state index is 13.1. The maximum Gasteiger partial charge on any atom is 0.141 e. The number of fused-ring (bicyclic) bond motifs is 1. The highest BCUT2D eigenvalue weighted by molar-refractivity contribution is 6.31. The first-order chi connectivity index (χ1) is 8.65. The van der Waals surface area contributed by atoms with Gasteiger partial charge in [0.2, 0.25) is 0 Å². The molecule has 0 saturated carbocycles. The number of hydrogen-bond donors (Lipinski definition) is 1. The fourth-order valence-electron chi connectivity index (χ4n) is 1.96. The minimum atomic E-state index is -0.423. The van der Waals surface area contributed by atoms with E-state index in [-0.39, 0.29) is 5.02 Å². The zero-order valence-electron chi connectivity index (χ0n) is 9.67. The Balaban J connectivity index is 2.19. The monoisotopic (exact) mass is 260 g/mol. The molecule has 3 aromatic rings. The van der Waals surface area contributed by atoms with Crippen LogP contribution in [0.25, 0.3) is 22.4 Å². The predicted octanol–water partition coefficient (Wildman–Crippen LogP) is 4.33. The molecule has 4 heteroatoms. The third kappa shape index (κ3) is 1.77. The van der Waals surface area contributed by atoms with Crippen molar-refractivity contribution in [1.29, 1.82) is 0 Å². The molecule has 0 saturated heterocycles. The van der Waals surface area contributed by atoms with Gasteiger partial charge in [0.05, 0.1) is 16.1 Å². The van der Waals surface area contributed by atoms with Gasteiger partial charge >= 0.3 is 0 Å². The zero-order chi connectivity index (χ0) is 12.7. The van der Waals surface area contributed by atoms with Gasteiger partial charge in [0.25, 0.3) is 0 Å². The summed E-state index contributed by atoms with van der Waals surface area (Å²) in [5, 5.41) is 0.102. The maximum atomic E-state index is 13.1. The molecular formula is C14H10ClFN2. The fraction of sp³-hybridized carbons (Fsp3) is 0.0714. The molecule has 0 amide bonds. The number of H-pyrrole nitrogens is 1. The minimum absolute atomic E-state index is 0.102. The number of imidazole rings is 1. The molecule has 0 aliphatic carbocycles. The Morgan fingerprint density at radius 1 is 1.22 bits per heavy atom. The number of benzene rings is 2. The van der Waals surface area contributed by atoms with Gasteiger partial charge in [-0.15, -0.1) is 0 Å². The zero-order valence-corrected chi connectivity index (χ0v) is 10.4. The molecule has 1 aromatic heterocycles. The number of halogens is 2. The van der Waals surface area contributed by atoms with Gasteiger partial charge in [-0.05, 0) is 36.8 Å². The van der Waals surface area contributed by atoms with E-state index in [1.165, 1.54) is 6.07 Å². The third-order valence-electron chi connectivity index (χ3n) is 2.91. The average Bonchev–Trinajstić information content (AvgIpc) is 2.78. The van der Waals surface area contributed by atoms with Crippen molar-refractivity contribution >= 4 is 22.6 Å². The van der Waals surface area contributed by atoms with Crippen molar-refractivity contribution < 1.29 is 4.39 Å². The van der Waals surface area contributed by atoms with Crippen LogP contribution in [-0.4, -0.2) is 9.97 Å². The van der Waals surface area contributed by atoms with Crippen molar-refractivity contribution in [3.63, 3.8) is 0 Å². The van der Waals surface area contributed by atoms with Gasteiger partial charge in [-0.3, -0.25) is 0 Å². The number of aryl methyl sites for hydroxylation is 1. The number of aromatic amines is 1. The Morgan fingerprint density at radius 3 is 2.78 bits per heavy atom. The van der Waals surface area contributed by atoms with E-state index < -0.39 is 5.82 Å². The van der Waals surface area contributed by atoms with Crippen LogP contribution in [-0.2, 0) is 0 Å². The molecule has 0 spiro atoms. The first-order valence-electron chi connectivity index (χ1n) is 5.56. The second kappa shape index (κ2) is 4.10. The molecule has 1 N–H and O–H groups in total. The van der Waals surface area contributed by atoms with Crippen molar-refractivity contribution in [3.8, 4) is 11.4 Å². The lowest BCUT2D eigenvalue weighted by molar-refractivity contribution is 0.628. The van der Waals surface area contributed by atoms with Gasteiger partial charge in [-0.25, -0.2) is 9.37 Å². The predicted molar refractivity (Wildman–Crippen MR) is 71.2 cm³/mol. The average molecular weight is 261 g/mol. The molecule has 0 radical (unpaired) electrons. The molecule has 1 heterocycles. The summed E-state index contributed by atoms with van der Waals surface area (Å²) in [5.74, 6) is 0.272. The van der Waals surface area contributed by atoms with Crippen LogP contribution >= 0.6 is 11.6 Å². The Bertz CT molecular complexity index is 734. The van der Waals surface area contributed by atoms with Crippen LogP contribution in [0.5, 0.6) is 0 Å².